The number of furan rings is 1. The SMILES string of the molecule is c1ccc(-c2cc3nc(-n4c5ccccc5c5ccc6c7ccccc7oc6c54)sc3c3c2sc2ccccc23)cc1. The third kappa shape index (κ3) is 2.96. The van der Waals surface area contributed by atoms with Gasteiger partial charge in [0.1, 0.15) is 5.58 Å². The lowest BCUT2D eigenvalue weighted by molar-refractivity contribution is 0.671. The summed E-state index contributed by atoms with van der Waals surface area (Å²) >= 11 is 3.64. The van der Waals surface area contributed by atoms with Gasteiger partial charge in [0.05, 0.1) is 21.3 Å². The van der Waals surface area contributed by atoms with Gasteiger partial charge in [-0.2, -0.15) is 0 Å². The van der Waals surface area contributed by atoms with Gasteiger partial charge in [-0.15, -0.1) is 11.3 Å². The molecule has 4 aromatic heterocycles. The van der Waals surface area contributed by atoms with Gasteiger partial charge in [0, 0.05) is 47.3 Å². The molecule has 0 amide bonds. The van der Waals surface area contributed by atoms with Crippen LogP contribution in [0.3, 0.4) is 0 Å². The van der Waals surface area contributed by atoms with Gasteiger partial charge in [0.2, 0.25) is 0 Å². The third-order valence-electron chi connectivity index (χ3n) is 8.45. The summed E-state index contributed by atoms with van der Waals surface area (Å²) in [5.41, 5.74) is 7.48. The fourth-order valence-corrected chi connectivity index (χ4v) is 9.06. The number of rotatable bonds is 2. The fourth-order valence-electron chi connectivity index (χ4n) is 6.62. The molecule has 196 valence electrons. The molecule has 0 spiro atoms. The van der Waals surface area contributed by atoms with Crippen LogP contribution in [0, 0.1) is 0 Å². The molecule has 0 fully saturated rings. The average Bonchev–Trinajstić information content (AvgIpc) is 3.80. The number of hydrogen-bond donors (Lipinski definition) is 0. The molecule has 6 aromatic carbocycles. The van der Waals surface area contributed by atoms with Crippen molar-refractivity contribution in [1.29, 1.82) is 0 Å². The molecule has 0 radical (unpaired) electrons. The Morgan fingerprint density at radius 1 is 0.595 bits per heavy atom. The van der Waals surface area contributed by atoms with E-state index in [1.54, 1.807) is 11.3 Å². The molecule has 0 bridgehead atoms. The zero-order valence-corrected chi connectivity index (χ0v) is 23.8. The van der Waals surface area contributed by atoms with Crippen molar-refractivity contribution in [2.75, 3.05) is 0 Å². The maximum absolute atomic E-state index is 6.58. The number of fused-ring (bicyclic) bond motifs is 12. The summed E-state index contributed by atoms with van der Waals surface area (Å²) in [6.45, 7) is 0. The Labute approximate surface area is 247 Å². The van der Waals surface area contributed by atoms with Crippen molar-refractivity contribution in [3.8, 4) is 16.3 Å². The number of thiophene rings is 1. The van der Waals surface area contributed by atoms with Crippen molar-refractivity contribution in [2.24, 2.45) is 0 Å². The molecule has 5 heteroatoms. The van der Waals surface area contributed by atoms with Crippen LogP contribution in [-0.4, -0.2) is 9.55 Å². The minimum Gasteiger partial charge on any atom is -0.454 e. The second-order valence-electron chi connectivity index (χ2n) is 10.7. The van der Waals surface area contributed by atoms with Gasteiger partial charge in [-0.3, -0.25) is 4.57 Å². The van der Waals surface area contributed by atoms with Crippen LogP contribution in [0.2, 0.25) is 0 Å². The van der Waals surface area contributed by atoms with Crippen molar-refractivity contribution < 1.29 is 4.42 Å². The minimum atomic E-state index is 0.903. The predicted molar refractivity (Wildman–Crippen MR) is 180 cm³/mol. The lowest BCUT2D eigenvalue weighted by Gasteiger charge is -2.04. The van der Waals surface area contributed by atoms with Crippen LogP contribution in [0.25, 0.3) is 90.4 Å². The first-order valence-corrected chi connectivity index (χ1v) is 15.6. The minimum absolute atomic E-state index is 0.903. The quantitative estimate of drug-likeness (QED) is 0.206. The standard InChI is InChI=1S/C37H20N2OS2/c1-2-10-21(11-3-1)27-20-28-36(32-26-14-6-9-17-31(26)41-35(27)32)42-37(38-28)39-29-15-7-4-12-22(29)24-18-19-25-23-13-5-8-16-30(23)40-34(25)33(24)39/h1-20H. The van der Waals surface area contributed by atoms with Crippen molar-refractivity contribution in [2.45, 2.75) is 0 Å². The first-order chi connectivity index (χ1) is 20.8. The normalized spacial score (nSPS) is 12.3. The van der Waals surface area contributed by atoms with E-state index in [2.05, 4.69) is 120 Å². The predicted octanol–water partition coefficient (Wildman–Crippen LogP) is 11.3. The molecular formula is C37H20N2OS2. The lowest BCUT2D eigenvalue weighted by atomic mass is 10.0. The van der Waals surface area contributed by atoms with E-state index in [1.165, 1.54) is 46.8 Å². The van der Waals surface area contributed by atoms with Crippen LogP contribution >= 0.6 is 22.7 Å². The van der Waals surface area contributed by atoms with Gasteiger partial charge in [-0.05, 0) is 35.9 Å². The Hall–Kier alpha value is -4.97. The Morgan fingerprint density at radius 3 is 2.24 bits per heavy atom. The highest BCUT2D eigenvalue weighted by molar-refractivity contribution is 7.28. The van der Waals surface area contributed by atoms with E-state index in [-0.39, 0.29) is 0 Å². The fraction of sp³-hybridized carbons (Fsp3) is 0. The summed E-state index contributed by atoms with van der Waals surface area (Å²) in [5, 5.41) is 8.17. The molecule has 0 aliphatic carbocycles. The molecular weight excluding hydrogens is 553 g/mol. The molecule has 0 unspecified atom stereocenters. The largest absolute Gasteiger partial charge is 0.454 e. The lowest BCUT2D eigenvalue weighted by Crippen LogP contribution is -1.92. The highest BCUT2D eigenvalue weighted by Gasteiger charge is 2.23. The summed E-state index contributed by atoms with van der Waals surface area (Å²) < 4.78 is 12.7. The van der Waals surface area contributed by atoms with Gasteiger partial charge in [-0.25, -0.2) is 4.98 Å². The first kappa shape index (κ1) is 22.7. The number of hydrogen-bond acceptors (Lipinski definition) is 4. The van der Waals surface area contributed by atoms with E-state index in [9.17, 15) is 0 Å². The molecule has 42 heavy (non-hydrogen) atoms. The second-order valence-corrected chi connectivity index (χ2v) is 12.8. The Balaban J connectivity index is 1.37. The van der Waals surface area contributed by atoms with Gasteiger partial charge >= 0.3 is 0 Å². The zero-order chi connectivity index (χ0) is 27.4. The van der Waals surface area contributed by atoms with Crippen LogP contribution in [0.1, 0.15) is 0 Å². The van der Waals surface area contributed by atoms with Crippen molar-refractivity contribution >= 4 is 96.8 Å². The molecule has 10 rings (SSSR count). The van der Waals surface area contributed by atoms with Crippen molar-refractivity contribution in [3.63, 3.8) is 0 Å². The highest BCUT2D eigenvalue weighted by atomic mass is 32.1. The summed E-state index contributed by atoms with van der Waals surface area (Å²) in [6, 6.07) is 43.1. The van der Waals surface area contributed by atoms with Crippen LogP contribution in [0.5, 0.6) is 0 Å². The van der Waals surface area contributed by atoms with E-state index < -0.39 is 0 Å². The van der Waals surface area contributed by atoms with E-state index in [0.29, 0.717) is 0 Å². The summed E-state index contributed by atoms with van der Waals surface area (Å²) in [7, 11) is 0. The molecule has 4 heterocycles. The number of para-hydroxylation sites is 2. The highest BCUT2D eigenvalue weighted by Crippen LogP contribution is 2.47. The number of thiazole rings is 1. The topological polar surface area (TPSA) is 31.0 Å². The van der Waals surface area contributed by atoms with Crippen LogP contribution in [0.15, 0.2) is 126 Å². The smallest absolute Gasteiger partial charge is 0.195 e. The molecule has 0 aliphatic heterocycles. The molecule has 0 atom stereocenters. The van der Waals surface area contributed by atoms with E-state index in [4.69, 9.17) is 9.40 Å². The molecule has 0 N–H and O–H groups in total. The number of aromatic nitrogens is 2. The van der Waals surface area contributed by atoms with Gasteiger partial charge in [0.15, 0.2) is 10.7 Å². The van der Waals surface area contributed by atoms with Crippen LogP contribution in [-0.2, 0) is 0 Å². The molecule has 3 nitrogen and oxygen atoms in total. The van der Waals surface area contributed by atoms with E-state index in [1.807, 2.05) is 17.4 Å². The van der Waals surface area contributed by atoms with Crippen LogP contribution in [0.4, 0.5) is 0 Å². The van der Waals surface area contributed by atoms with E-state index in [0.717, 1.165) is 43.6 Å². The third-order valence-corrected chi connectivity index (χ3v) is 10.7. The number of nitrogens with zero attached hydrogens (tertiary/aromatic N) is 2. The Morgan fingerprint density at radius 2 is 1.33 bits per heavy atom. The average molecular weight is 573 g/mol. The summed E-state index contributed by atoms with van der Waals surface area (Å²) in [6.07, 6.45) is 0. The summed E-state index contributed by atoms with van der Waals surface area (Å²) in [5.74, 6) is 0. The Kier molecular flexibility index (Phi) is 4.48. The van der Waals surface area contributed by atoms with Gasteiger partial charge in [-0.1, -0.05) is 102 Å². The molecule has 10 aromatic rings. The van der Waals surface area contributed by atoms with E-state index >= 15 is 0 Å². The van der Waals surface area contributed by atoms with Crippen LogP contribution < -0.4 is 0 Å². The Bertz CT molecular complexity index is 2690. The first-order valence-electron chi connectivity index (χ1n) is 14.0. The molecule has 0 saturated carbocycles. The maximum Gasteiger partial charge on any atom is 0.195 e. The molecule has 0 aliphatic rings. The second kappa shape index (κ2) is 8.29. The van der Waals surface area contributed by atoms with Crippen molar-refractivity contribution in [1.82, 2.24) is 9.55 Å². The van der Waals surface area contributed by atoms with Gasteiger partial charge in [0.25, 0.3) is 0 Å². The molecule has 0 saturated heterocycles. The monoisotopic (exact) mass is 572 g/mol. The maximum atomic E-state index is 6.58. The number of benzene rings is 6. The zero-order valence-electron chi connectivity index (χ0n) is 22.2. The van der Waals surface area contributed by atoms with Crippen molar-refractivity contribution in [3.05, 3.63) is 121 Å². The van der Waals surface area contributed by atoms with Gasteiger partial charge < -0.3 is 4.42 Å². The summed E-state index contributed by atoms with van der Waals surface area (Å²) in [4.78, 5) is 5.38.